The number of nitrogens with zero attached hydrogens (tertiary/aromatic N) is 2. The molecule has 0 aromatic heterocycles. The van der Waals surface area contributed by atoms with Crippen LogP contribution < -0.4 is 4.74 Å². The maximum Gasteiger partial charge on any atom is 0.573 e. The van der Waals surface area contributed by atoms with Gasteiger partial charge in [-0.05, 0) is 13.0 Å². The van der Waals surface area contributed by atoms with E-state index in [-0.39, 0.29) is 12.2 Å². The molecule has 0 aliphatic carbocycles. The van der Waals surface area contributed by atoms with Crippen molar-refractivity contribution in [2.75, 3.05) is 6.61 Å². The van der Waals surface area contributed by atoms with Gasteiger partial charge in [0.15, 0.2) is 0 Å². The van der Waals surface area contributed by atoms with Gasteiger partial charge in [0.25, 0.3) is 0 Å². The lowest BCUT2D eigenvalue weighted by atomic mass is 10.1. The first-order valence-corrected chi connectivity index (χ1v) is 5.80. The average Bonchev–Trinajstić information content (AvgIpc) is 2.38. The van der Waals surface area contributed by atoms with Crippen molar-refractivity contribution in [1.29, 1.82) is 5.26 Å². The zero-order valence-corrected chi connectivity index (χ0v) is 11.1. The molecular formula is C12H9F3N2O5. The summed E-state index contributed by atoms with van der Waals surface area (Å²) in [4.78, 5) is 21.1. The number of rotatable bonds is 5. The van der Waals surface area contributed by atoms with E-state index >= 15 is 0 Å². The van der Waals surface area contributed by atoms with E-state index in [0.29, 0.717) is 6.07 Å². The zero-order chi connectivity index (χ0) is 16.9. The van der Waals surface area contributed by atoms with Crippen molar-refractivity contribution < 1.29 is 32.4 Å². The number of nitro benzene ring substituents is 1. The van der Waals surface area contributed by atoms with Gasteiger partial charge in [-0.2, -0.15) is 5.26 Å². The summed E-state index contributed by atoms with van der Waals surface area (Å²) in [5.41, 5.74) is -1.79. The van der Waals surface area contributed by atoms with Crippen LogP contribution in [0.1, 0.15) is 18.1 Å². The van der Waals surface area contributed by atoms with Crippen LogP contribution in [0, 0.1) is 21.4 Å². The normalized spacial score (nSPS) is 10.7. The highest BCUT2D eigenvalue weighted by atomic mass is 19.4. The second kappa shape index (κ2) is 6.75. The van der Waals surface area contributed by atoms with Crippen LogP contribution >= 0.6 is 0 Å². The molecule has 0 atom stereocenters. The Morgan fingerprint density at radius 3 is 2.55 bits per heavy atom. The molecule has 0 saturated heterocycles. The van der Waals surface area contributed by atoms with Crippen molar-refractivity contribution >= 4 is 11.7 Å². The number of alkyl halides is 3. The standard InChI is InChI=1S/C12H9F3N2O5/c1-2-21-10(18)5-8-3-7(6-16)4-9(17(19)20)11(8)22-12(13,14)15/h3-4H,2,5H2,1H3. The molecule has 0 unspecified atom stereocenters. The monoisotopic (exact) mass is 318 g/mol. The van der Waals surface area contributed by atoms with Crippen molar-refractivity contribution in [2.24, 2.45) is 0 Å². The average molecular weight is 318 g/mol. The molecule has 0 amide bonds. The fraction of sp³-hybridized carbons (Fsp3) is 0.333. The minimum atomic E-state index is -5.19. The Hall–Kier alpha value is -2.83. The number of nitriles is 1. The maximum absolute atomic E-state index is 12.4. The second-order valence-electron chi connectivity index (χ2n) is 3.88. The number of carbonyl (C=O) groups excluding carboxylic acids is 1. The molecule has 0 bridgehead atoms. The first-order chi connectivity index (χ1) is 10.2. The van der Waals surface area contributed by atoms with Crippen LogP contribution in [-0.2, 0) is 16.0 Å². The number of hydrogen-bond acceptors (Lipinski definition) is 6. The molecule has 0 aliphatic heterocycles. The molecule has 0 heterocycles. The lowest BCUT2D eigenvalue weighted by Gasteiger charge is -2.13. The highest BCUT2D eigenvalue weighted by Gasteiger charge is 2.36. The van der Waals surface area contributed by atoms with Crippen molar-refractivity contribution in [1.82, 2.24) is 0 Å². The van der Waals surface area contributed by atoms with Crippen LogP contribution in [-0.4, -0.2) is 23.9 Å². The number of ether oxygens (including phenoxy) is 2. The van der Waals surface area contributed by atoms with Gasteiger partial charge in [-0.15, -0.1) is 13.2 Å². The summed E-state index contributed by atoms with van der Waals surface area (Å²) in [6, 6.07) is 3.11. The van der Waals surface area contributed by atoms with Crippen LogP contribution in [0.4, 0.5) is 18.9 Å². The molecular weight excluding hydrogens is 309 g/mol. The van der Waals surface area contributed by atoms with Crippen LogP contribution in [0.2, 0.25) is 0 Å². The van der Waals surface area contributed by atoms with E-state index in [1.54, 1.807) is 6.07 Å². The number of esters is 1. The number of carbonyl (C=O) groups is 1. The SMILES string of the molecule is CCOC(=O)Cc1cc(C#N)cc([N+](=O)[O-])c1OC(F)(F)F. The summed E-state index contributed by atoms with van der Waals surface area (Å²) in [6.07, 6.45) is -5.89. The minimum absolute atomic E-state index is 0.0195. The lowest BCUT2D eigenvalue weighted by Crippen LogP contribution is -2.20. The number of nitro groups is 1. The quantitative estimate of drug-likeness (QED) is 0.469. The van der Waals surface area contributed by atoms with Gasteiger partial charge in [-0.25, -0.2) is 0 Å². The van der Waals surface area contributed by atoms with Gasteiger partial charge in [0.05, 0.1) is 29.6 Å². The van der Waals surface area contributed by atoms with Gasteiger partial charge in [-0.1, -0.05) is 0 Å². The molecule has 22 heavy (non-hydrogen) atoms. The molecule has 7 nitrogen and oxygen atoms in total. The fourth-order valence-electron chi connectivity index (χ4n) is 1.60. The molecule has 0 N–H and O–H groups in total. The van der Waals surface area contributed by atoms with E-state index in [1.165, 1.54) is 6.92 Å². The highest BCUT2D eigenvalue weighted by Crippen LogP contribution is 2.36. The Morgan fingerprint density at radius 2 is 2.09 bits per heavy atom. The molecule has 10 heteroatoms. The Bertz CT molecular complexity index is 637. The second-order valence-corrected chi connectivity index (χ2v) is 3.88. The predicted molar refractivity (Wildman–Crippen MR) is 64.8 cm³/mol. The summed E-state index contributed by atoms with van der Waals surface area (Å²) in [5, 5.41) is 19.6. The Kier molecular flexibility index (Phi) is 5.28. The van der Waals surface area contributed by atoms with Crippen LogP contribution in [0.25, 0.3) is 0 Å². The van der Waals surface area contributed by atoms with Crippen LogP contribution in [0.15, 0.2) is 12.1 Å². The van der Waals surface area contributed by atoms with E-state index in [9.17, 15) is 28.1 Å². The minimum Gasteiger partial charge on any atom is -0.466 e. The van der Waals surface area contributed by atoms with E-state index in [0.717, 1.165) is 6.07 Å². The lowest BCUT2D eigenvalue weighted by molar-refractivity contribution is -0.388. The molecule has 0 radical (unpaired) electrons. The molecule has 0 spiro atoms. The van der Waals surface area contributed by atoms with E-state index in [1.807, 2.05) is 0 Å². The van der Waals surface area contributed by atoms with Gasteiger partial charge >= 0.3 is 18.0 Å². The van der Waals surface area contributed by atoms with Crippen molar-refractivity contribution in [3.63, 3.8) is 0 Å². The van der Waals surface area contributed by atoms with Gasteiger partial charge in [0.1, 0.15) is 0 Å². The first-order valence-electron chi connectivity index (χ1n) is 5.80. The molecule has 1 rings (SSSR count). The molecule has 0 aliphatic rings. The molecule has 0 saturated carbocycles. The molecule has 0 fully saturated rings. The van der Waals surface area contributed by atoms with Crippen molar-refractivity contribution in [3.05, 3.63) is 33.4 Å². The molecule has 1 aromatic rings. The Balaban J connectivity index is 3.42. The van der Waals surface area contributed by atoms with Gasteiger partial charge < -0.3 is 9.47 Å². The highest BCUT2D eigenvalue weighted by molar-refractivity contribution is 5.75. The number of hydrogen-bond donors (Lipinski definition) is 0. The molecule has 1 aromatic carbocycles. The third-order valence-electron chi connectivity index (χ3n) is 2.33. The van der Waals surface area contributed by atoms with Gasteiger partial charge in [0, 0.05) is 11.6 Å². The van der Waals surface area contributed by atoms with Crippen LogP contribution in [0.3, 0.4) is 0 Å². The largest absolute Gasteiger partial charge is 0.573 e. The van der Waals surface area contributed by atoms with Crippen molar-refractivity contribution in [2.45, 2.75) is 19.7 Å². The van der Waals surface area contributed by atoms with Gasteiger partial charge in [-0.3, -0.25) is 14.9 Å². The Labute approximate surface area is 122 Å². The summed E-state index contributed by atoms with van der Waals surface area (Å²) in [7, 11) is 0. The fourth-order valence-corrected chi connectivity index (χ4v) is 1.60. The topological polar surface area (TPSA) is 102 Å². The third-order valence-corrected chi connectivity index (χ3v) is 2.33. The first kappa shape index (κ1) is 17.2. The predicted octanol–water partition coefficient (Wildman–Crippen LogP) is 2.47. The summed E-state index contributed by atoms with van der Waals surface area (Å²) < 4.78 is 45.4. The zero-order valence-electron chi connectivity index (χ0n) is 11.1. The number of benzene rings is 1. The Morgan fingerprint density at radius 1 is 1.45 bits per heavy atom. The smallest absolute Gasteiger partial charge is 0.466 e. The van der Waals surface area contributed by atoms with Crippen LogP contribution in [0.5, 0.6) is 5.75 Å². The number of halogens is 3. The summed E-state index contributed by atoms with van der Waals surface area (Å²) in [6.45, 7) is 1.47. The van der Waals surface area contributed by atoms with E-state index in [4.69, 9.17) is 5.26 Å². The third kappa shape index (κ3) is 4.62. The maximum atomic E-state index is 12.4. The summed E-state index contributed by atoms with van der Waals surface area (Å²) in [5.74, 6) is -2.04. The van der Waals surface area contributed by atoms with Crippen molar-refractivity contribution in [3.8, 4) is 11.8 Å². The summed E-state index contributed by atoms with van der Waals surface area (Å²) >= 11 is 0. The van der Waals surface area contributed by atoms with Gasteiger partial charge in [0.2, 0.25) is 5.75 Å². The van der Waals surface area contributed by atoms with E-state index in [2.05, 4.69) is 9.47 Å². The molecule has 118 valence electrons. The van der Waals surface area contributed by atoms with E-state index < -0.39 is 40.7 Å².